The highest BCUT2D eigenvalue weighted by molar-refractivity contribution is 7.65. The summed E-state index contributed by atoms with van der Waals surface area (Å²) in [6.07, 6.45) is 0.473. The molecular formula is C26H32N3O3PS. The fraction of sp³-hybridized carbons (Fsp3) is 0.308. The Labute approximate surface area is 205 Å². The minimum Gasteiger partial charge on any atom is -0.397 e. The van der Waals surface area contributed by atoms with Crippen LogP contribution in [0.25, 0.3) is 10.4 Å². The van der Waals surface area contributed by atoms with Crippen molar-refractivity contribution < 1.29 is 14.2 Å². The highest BCUT2D eigenvalue weighted by Crippen LogP contribution is 2.54. The molecule has 0 saturated heterocycles. The van der Waals surface area contributed by atoms with Gasteiger partial charge < -0.3 is 20.9 Å². The molecule has 180 valence electrons. The zero-order valence-electron chi connectivity index (χ0n) is 20.0. The van der Waals surface area contributed by atoms with Crippen molar-refractivity contribution in [3.05, 3.63) is 71.1 Å². The third-order valence-corrected chi connectivity index (χ3v) is 11.3. The first-order valence-corrected chi connectivity index (χ1v) is 14.2. The van der Waals surface area contributed by atoms with Gasteiger partial charge in [0.05, 0.1) is 18.5 Å². The summed E-state index contributed by atoms with van der Waals surface area (Å²) in [5.41, 5.74) is 9.09. The lowest BCUT2D eigenvalue weighted by Crippen LogP contribution is -2.28. The first kappa shape index (κ1) is 25.7. The van der Waals surface area contributed by atoms with Gasteiger partial charge in [0.2, 0.25) is 0 Å². The zero-order valence-corrected chi connectivity index (χ0v) is 21.7. The molecule has 0 atom stereocenters. The number of benzene rings is 2. The highest BCUT2D eigenvalue weighted by Gasteiger charge is 2.29. The van der Waals surface area contributed by atoms with E-state index in [1.165, 1.54) is 0 Å². The number of anilines is 2. The van der Waals surface area contributed by atoms with E-state index in [0.29, 0.717) is 35.2 Å². The van der Waals surface area contributed by atoms with Crippen molar-refractivity contribution in [1.29, 1.82) is 0 Å². The van der Waals surface area contributed by atoms with Gasteiger partial charge in [-0.25, -0.2) is 0 Å². The summed E-state index contributed by atoms with van der Waals surface area (Å²) in [7, 11) is -2.37. The number of carbonyl (C=O) groups is 2. The van der Waals surface area contributed by atoms with E-state index in [-0.39, 0.29) is 23.1 Å². The number of amides is 2. The fourth-order valence-corrected chi connectivity index (χ4v) is 7.20. The lowest BCUT2D eigenvalue weighted by Gasteiger charge is -2.26. The van der Waals surface area contributed by atoms with Gasteiger partial charge in [0, 0.05) is 40.0 Å². The Morgan fingerprint density at radius 1 is 0.941 bits per heavy atom. The van der Waals surface area contributed by atoms with Crippen molar-refractivity contribution in [2.24, 2.45) is 0 Å². The Morgan fingerprint density at radius 3 is 2.12 bits per heavy atom. The van der Waals surface area contributed by atoms with Crippen molar-refractivity contribution in [3.63, 3.8) is 0 Å². The van der Waals surface area contributed by atoms with Crippen molar-refractivity contribution in [2.75, 3.05) is 23.8 Å². The Kier molecular flexibility index (Phi) is 8.34. The predicted octanol–water partition coefficient (Wildman–Crippen LogP) is 6.16. The maximum Gasteiger partial charge on any atom is 0.255 e. The van der Waals surface area contributed by atoms with Crippen LogP contribution in [0.15, 0.2) is 60.0 Å². The van der Waals surface area contributed by atoms with Crippen molar-refractivity contribution in [1.82, 2.24) is 5.32 Å². The molecule has 0 aliphatic rings. The van der Waals surface area contributed by atoms with Crippen LogP contribution in [0, 0.1) is 0 Å². The Bertz CT molecular complexity index is 1180. The minimum atomic E-state index is -2.37. The van der Waals surface area contributed by atoms with Gasteiger partial charge in [-0.15, -0.1) is 11.3 Å². The standard InChI is InChI=1S/C26H32N3O3PS/c1-17(2)33(32,18(3)4)14-13-28-25(30)19-7-9-20(10-8-19)26(31)29-23-16-21(11-12-22(23)27)24-6-5-15-34-24/h5-12,15-18H,13-14,27H2,1-4H3,(H,28,30)(H,29,31). The fourth-order valence-electron chi connectivity index (χ4n) is 3.79. The number of hydrogen-bond acceptors (Lipinski definition) is 5. The maximum absolute atomic E-state index is 13.1. The van der Waals surface area contributed by atoms with Crippen LogP contribution in [0.1, 0.15) is 48.4 Å². The second-order valence-corrected chi connectivity index (χ2v) is 14.0. The number of thiophene rings is 1. The third kappa shape index (κ3) is 5.96. The van der Waals surface area contributed by atoms with E-state index < -0.39 is 7.14 Å². The van der Waals surface area contributed by atoms with Gasteiger partial charge in [-0.05, 0) is 53.4 Å². The summed E-state index contributed by atoms with van der Waals surface area (Å²) in [6.45, 7) is 8.24. The van der Waals surface area contributed by atoms with Crippen LogP contribution in [0.2, 0.25) is 0 Å². The molecule has 0 radical (unpaired) electrons. The van der Waals surface area contributed by atoms with Gasteiger partial charge in [0.1, 0.15) is 0 Å². The average molecular weight is 498 g/mol. The molecule has 0 aliphatic carbocycles. The lowest BCUT2D eigenvalue weighted by atomic mass is 10.1. The van der Waals surface area contributed by atoms with Crippen LogP contribution < -0.4 is 16.4 Å². The Hall–Kier alpha value is -2.89. The normalized spacial score (nSPS) is 11.6. The topological polar surface area (TPSA) is 101 Å². The largest absolute Gasteiger partial charge is 0.397 e. The van der Waals surface area contributed by atoms with Crippen molar-refractivity contribution >= 4 is 41.7 Å². The number of rotatable bonds is 9. The molecule has 0 unspecified atom stereocenters. The molecule has 2 aromatic carbocycles. The van der Waals surface area contributed by atoms with Gasteiger partial charge >= 0.3 is 0 Å². The second kappa shape index (κ2) is 11.0. The molecule has 3 aromatic rings. The van der Waals surface area contributed by atoms with Crippen molar-refractivity contribution in [3.8, 4) is 10.4 Å². The number of nitrogens with two attached hydrogens (primary N) is 1. The Balaban J connectivity index is 1.62. The number of nitrogens with one attached hydrogen (secondary N) is 2. The molecule has 2 amide bonds. The lowest BCUT2D eigenvalue weighted by molar-refractivity contribution is 0.0954. The van der Waals surface area contributed by atoms with Crippen LogP contribution in [-0.4, -0.2) is 35.8 Å². The summed E-state index contributed by atoms with van der Waals surface area (Å²) in [5.74, 6) is -0.560. The van der Waals surface area contributed by atoms with E-state index in [1.807, 2.05) is 57.3 Å². The number of hydrogen-bond donors (Lipinski definition) is 3. The van der Waals surface area contributed by atoms with Gasteiger partial charge in [0.15, 0.2) is 0 Å². The van der Waals surface area contributed by atoms with E-state index in [0.717, 1.165) is 10.4 Å². The first-order valence-electron chi connectivity index (χ1n) is 11.3. The third-order valence-electron chi connectivity index (χ3n) is 6.01. The smallest absolute Gasteiger partial charge is 0.255 e. The van der Waals surface area contributed by atoms with Crippen LogP contribution in [-0.2, 0) is 4.57 Å². The molecular weight excluding hydrogens is 465 g/mol. The van der Waals surface area contributed by atoms with E-state index >= 15 is 0 Å². The quantitative estimate of drug-likeness (QED) is 0.243. The molecule has 34 heavy (non-hydrogen) atoms. The molecule has 0 fully saturated rings. The SMILES string of the molecule is CC(C)P(=O)(CCNC(=O)c1ccc(C(=O)Nc2cc(-c3cccs3)ccc2N)cc1)C(C)C. The summed E-state index contributed by atoms with van der Waals surface area (Å²) >= 11 is 1.61. The van der Waals surface area contributed by atoms with Crippen molar-refractivity contribution in [2.45, 2.75) is 39.0 Å². The van der Waals surface area contributed by atoms with Gasteiger partial charge in [-0.1, -0.05) is 39.8 Å². The monoisotopic (exact) mass is 497 g/mol. The molecule has 0 spiro atoms. The summed E-state index contributed by atoms with van der Waals surface area (Å²) in [4.78, 5) is 26.4. The maximum atomic E-state index is 13.1. The summed E-state index contributed by atoms with van der Waals surface area (Å²) < 4.78 is 13.1. The summed E-state index contributed by atoms with van der Waals surface area (Å²) in [6, 6.07) is 16.0. The molecule has 1 aromatic heterocycles. The highest BCUT2D eigenvalue weighted by atomic mass is 32.1. The molecule has 0 saturated carbocycles. The van der Waals surface area contributed by atoms with Crippen LogP contribution >= 0.6 is 18.5 Å². The minimum absolute atomic E-state index is 0.0854. The zero-order chi connectivity index (χ0) is 24.9. The molecule has 4 N–H and O–H groups in total. The van der Waals surface area contributed by atoms with E-state index in [2.05, 4.69) is 10.6 Å². The molecule has 0 bridgehead atoms. The summed E-state index contributed by atoms with van der Waals surface area (Å²) in [5, 5.41) is 7.71. The van der Waals surface area contributed by atoms with Crippen LogP contribution in [0.5, 0.6) is 0 Å². The van der Waals surface area contributed by atoms with Gasteiger partial charge in [0.25, 0.3) is 11.8 Å². The molecule has 8 heteroatoms. The average Bonchev–Trinajstić information content (AvgIpc) is 3.35. The molecule has 3 rings (SSSR count). The predicted molar refractivity (Wildman–Crippen MR) is 144 cm³/mol. The molecule has 0 aliphatic heterocycles. The van der Waals surface area contributed by atoms with E-state index in [9.17, 15) is 14.2 Å². The van der Waals surface area contributed by atoms with Crippen LogP contribution in [0.4, 0.5) is 11.4 Å². The van der Waals surface area contributed by atoms with Crippen LogP contribution in [0.3, 0.4) is 0 Å². The Morgan fingerprint density at radius 2 is 1.56 bits per heavy atom. The molecule has 1 heterocycles. The second-order valence-electron chi connectivity index (χ2n) is 8.83. The van der Waals surface area contributed by atoms with E-state index in [1.54, 1.807) is 41.7 Å². The number of carbonyl (C=O) groups excluding carboxylic acids is 2. The molecule has 6 nitrogen and oxygen atoms in total. The van der Waals surface area contributed by atoms with E-state index in [4.69, 9.17) is 5.73 Å². The first-order chi connectivity index (χ1) is 16.1. The van der Waals surface area contributed by atoms with Gasteiger partial charge in [-0.3, -0.25) is 9.59 Å². The number of nitrogen functional groups attached to an aromatic ring is 1. The van der Waals surface area contributed by atoms with Gasteiger partial charge in [-0.2, -0.15) is 0 Å².